The smallest absolute Gasteiger partial charge is 0.140 e. The molecule has 0 aliphatic rings. The number of hydrogen-bond donors (Lipinski definition) is 1. The standard InChI is InChI=1S/C10H19ClN4/c1-3-15-10(13-8-14-15)7-12-6-4-5-9(2)11/h8-9,12H,3-7H2,1-2H3. The number of nitrogens with one attached hydrogen (secondary N) is 1. The van der Waals surface area contributed by atoms with Crippen LogP contribution in [0.4, 0.5) is 0 Å². The average molecular weight is 231 g/mol. The van der Waals surface area contributed by atoms with E-state index in [4.69, 9.17) is 11.6 Å². The summed E-state index contributed by atoms with van der Waals surface area (Å²) in [4.78, 5) is 4.18. The highest BCUT2D eigenvalue weighted by Crippen LogP contribution is 2.02. The lowest BCUT2D eigenvalue weighted by molar-refractivity contribution is 0.557. The van der Waals surface area contributed by atoms with Crippen LogP contribution in [0.3, 0.4) is 0 Å². The molecular formula is C10H19ClN4. The molecule has 1 aromatic rings. The summed E-state index contributed by atoms with van der Waals surface area (Å²) in [6.45, 7) is 6.72. The van der Waals surface area contributed by atoms with Crippen molar-refractivity contribution in [1.82, 2.24) is 20.1 Å². The largest absolute Gasteiger partial charge is 0.310 e. The van der Waals surface area contributed by atoms with Gasteiger partial charge in [-0.1, -0.05) is 0 Å². The molecule has 86 valence electrons. The molecular weight excluding hydrogens is 212 g/mol. The van der Waals surface area contributed by atoms with Gasteiger partial charge in [-0.25, -0.2) is 9.67 Å². The van der Waals surface area contributed by atoms with E-state index < -0.39 is 0 Å². The van der Waals surface area contributed by atoms with E-state index in [1.54, 1.807) is 6.33 Å². The van der Waals surface area contributed by atoms with Gasteiger partial charge in [0.25, 0.3) is 0 Å². The number of nitrogens with zero attached hydrogens (tertiary/aromatic N) is 3. The van der Waals surface area contributed by atoms with Gasteiger partial charge in [0.05, 0.1) is 6.54 Å². The SMILES string of the molecule is CCn1ncnc1CNCCCC(C)Cl. The number of hydrogen-bond acceptors (Lipinski definition) is 3. The van der Waals surface area contributed by atoms with Gasteiger partial charge < -0.3 is 5.32 Å². The summed E-state index contributed by atoms with van der Waals surface area (Å²) in [5, 5.41) is 7.71. The quantitative estimate of drug-likeness (QED) is 0.574. The van der Waals surface area contributed by atoms with Gasteiger partial charge in [0, 0.05) is 11.9 Å². The monoisotopic (exact) mass is 230 g/mol. The van der Waals surface area contributed by atoms with Crippen LogP contribution in [0.2, 0.25) is 0 Å². The molecule has 1 rings (SSSR count). The Morgan fingerprint density at radius 3 is 3.07 bits per heavy atom. The Bertz CT molecular complexity index is 272. The molecule has 1 N–H and O–H groups in total. The van der Waals surface area contributed by atoms with Gasteiger partial charge in [-0.2, -0.15) is 5.10 Å². The van der Waals surface area contributed by atoms with Crippen molar-refractivity contribution in [2.75, 3.05) is 6.54 Å². The lowest BCUT2D eigenvalue weighted by Gasteiger charge is -2.06. The molecule has 0 bridgehead atoms. The minimum atomic E-state index is 0.270. The van der Waals surface area contributed by atoms with Gasteiger partial charge in [-0.05, 0) is 33.2 Å². The Kier molecular flexibility index (Phi) is 5.65. The van der Waals surface area contributed by atoms with Crippen LogP contribution in [0.25, 0.3) is 0 Å². The number of halogens is 1. The van der Waals surface area contributed by atoms with Crippen molar-refractivity contribution in [2.45, 2.75) is 45.2 Å². The zero-order valence-electron chi connectivity index (χ0n) is 9.41. The molecule has 0 aromatic carbocycles. The Morgan fingerprint density at radius 2 is 2.40 bits per heavy atom. The average Bonchev–Trinajstić information content (AvgIpc) is 2.64. The van der Waals surface area contributed by atoms with Crippen LogP contribution in [0, 0.1) is 0 Å². The third kappa shape index (κ3) is 4.62. The highest BCUT2D eigenvalue weighted by Gasteiger charge is 2.01. The molecule has 0 fully saturated rings. The van der Waals surface area contributed by atoms with E-state index >= 15 is 0 Å². The van der Waals surface area contributed by atoms with Gasteiger partial charge in [0.2, 0.25) is 0 Å². The van der Waals surface area contributed by atoms with E-state index in [1.165, 1.54) is 0 Å². The second-order valence-electron chi connectivity index (χ2n) is 3.59. The molecule has 15 heavy (non-hydrogen) atoms. The Labute approximate surface area is 96.0 Å². The Morgan fingerprint density at radius 1 is 1.60 bits per heavy atom. The van der Waals surface area contributed by atoms with Crippen molar-refractivity contribution in [1.29, 1.82) is 0 Å². The van der Waals surface area contributed by atoms with Crippen LogP contribution in [-0.4, -0.2) is 26.7 Å². The van der Waals surface area contributed by atoms with Crippen LogP contribution in [0.1, 0.15) is 32.5 Å². The second-order valence-corrected chi connectivity index (χ2v) is 4.34. The fraction of sp³-hybridized carbons (Fsp3) is 0.800. The van der Waals surface area contributed by atoms with Crippen molar-refractivity contribution >= 4 is 11.6 Å². The van der Waals surface area contributed by atoms with Gasteiger partial charge >= 0.3 is 0 Å². The van der Waals surface area contributed by atoms with Crippen molar-refractivity contribution in [3.8, 4) is 0 Å². The Hall–Kier alpha value is -0.610. The van der Waals surface area contributed by atoms with Crippen molar-refractivity contribution in [2.24, 2.45) is 0 Å². The van der Waals surface area contributed by atoms with Crippen LogP contribution < -0.4 is 5.32 Å². The molecule has 1 unspecified atom stereocenters. The number of aromatic nitrogens is 3. The van der Waals surface area contributed by atoms with Gasteiger partial charge in [-0.3, -0.25) is 0 Å². The van der Waals surface area contributed by atoms with Gasteiger partial charge in [-0.15, -0.1) is 11.6 Å². The van der Waals surface area contributed by atoms with Crippen LogP contribution in [-0.2, 0) is 13.1 Å². The molecule has 0 amide bonds. The summed E-state index contributed by atoms with van der Waals surface area (Å²) in [5.74, 6) is 0.997. The molecule has 4 nitrogen and oxygen atoms in total. The lowest BCUT2D eigenvalue weighted by Crippen LogP contribution is -2.19. The maximum atomic E-state index is 5.85. The first kappa shape index (κ1) is 12.5. The molecule has 0 spiro atoms. The maximum absolute atomic E-state index is 5.85. The summed E-state index contributed by atoms with van der Waals surface area (Å²) in [5.41, 5.74) is 0. The first-order valence-electron chi connectivity index (χ1n) is 5.45. The van der Waals surface area contributed by atoms with E-state index in [0.29, 0.717) is 0 Å². The molecule has 0 saturated heterocycles. The zero-order valence-corrected chi connectivity index (χ0v) is 10.2. The fourth-order valence-corrected chi connectivity index (χ4v) is 1.55. The zero-order chi connectivity index (χ0) is 11.1. The van der Waals surface area contributed by atoms with E-state index in [2.05, 4.69) is 22.3 Å². The third-order valence-electron chi connectivity index (χ3n) is 2.23. The van der Waals surface area contributed by atoms with E-state index in [-0.39, 0.29) is 5.38 Å². The topological polar surface area (TPSA) is 42.7 Å². The Balaban J connectivity index is 2.15. The van der Waals surface area contributed by atoms with Crippen molar-refractivity contribution < 1.29 is 0 Å². The molecule has 0 saturated carbocycles. The van der Waals surface area contributed by atoms with Crippen molar-refractivity contribution in [3.63, 3.8) is 0 Å². The molecule has 1 atom stereocenters. The summed E-state index contributed by atoms with van der Waals surface area (Å²) in [6.07, 6.45) is 3.75. The van der Waals surface area contributed by atoms with E-state index in [1.807, 2.05) is 11.6 Å². The normalized spacial score (nSPS) is 13.0. The minimum Gasteiger partial charge on any atom is -0.310 e. The predicted octanol–water partition coefficient (Wildman–Crippen LogP) is 1.80. The fourth-order valence-electron chi connectivity index (χ4n) is 1.40. The summed E-state index contributed by atoms with van der Waals surface area (Å²) in [6, 6.07) is 0. The molecule has 0 radical (unpaired) electrons. The number of rotatable bonds is 7. The number of aryl methyl sites for hydroxylation is 1. The second kappa shape index (κ2) is 6.80. The first-order valence-corrected chi connectivity index (χ1v) is 5.89. The summed E-state index contributed by atoms with van der Waals surface area (Å²) >= 11 is 5.85. The maximum Gasteiger partial charge on any atom is 0.140 e. The summed E-state index contributed by atoms with van der Waals surface area (Å²) in [7, 11) is 0. The first-order chi connectivity index (χ1) is 7.24. The lowest BCUT2D eigenvalue weighted by atomic mass is 10.2. The van der Waals surface area contributed by atoms with Crippen LogP contribution in [0.5, 0.6) is 0 Å². The third-order valence-corrected chi connectivity index (χ3v) is 2.45. The molecule has 0 aliphatic heterocycles. The van der Waals surface area contributed by atoms with E-state index in [0.717, 1.165) is 38.3 Å². The van der Waals surface area contributed by atoms with Crippen LogP contribution in [0.15, 0.2) is 6.33 Å². The van der Waals surface area contributed by atoms with Crippen LogP contribution >= 0.6 is 11.6 Å². The molecule has 0 aliphatic carbocycles. The van der Waals surface area contributed by atoms with Gasteiger partial charge in [0.1, 0.15) is 12.2 Å². The highest BCUT2D eigenvalue weighted by molar-refractivity contribution is 6.20. The highest BCUT2D eigenvalue weighted by atomic mass is 35.5. The van der Waals surface area contributed by atoms with Crippen molar-refractivity contribution in [3.05, 3.63) is 12.2 Å². The minimum absolute atomic E-state index is 0.270. The molecule has 1 heterocycles. The molecule has 5 heteroatoms. The van der Waals surface area contributed by atoms with Gasteiger partial charge in [0.15, 0.2) is 0 Å². The predicted molar refractivity (Wildman–Crippen MR) is 62.0 cm³/mol. The molecule has 1 aromatic heterocycles. The number of alkyl halides is 1. The summed E-state index contributed by atoms with van der Waals surface area (Å²) < 4.78 is 1.90. The van der Waals surface area contributed by atoms with E-state index in [9.17, 15) is 0 Å².